The first-order valence-electron chi connectivity index (χ1n) is 13.2. The molecule has 0 aliphatic heterocycles. The Hall–Kier alpha value is -3.88. The molecule has 9 heteroatoms. The van der Waals surface area contributed by atoms with Crippen LogP contribution in [0.5, 0.6) is 0 Å². The molecular weight excluding hydrogens is 498 g/mol. The molecule has 2 aromatic carbocycles. The SMILES string of the molecule is CC(C)CC(CC(=O)O)NC(=O)C(Cc1ccccc1)NC(=O)C(Cc1ccccc1)NC(=O)OC(C)(C)C. The normalized spacial score (nSPS) is 13.6. The molecule has 0 aliphatic carbocycles. The largest absolute Gasteiger partial charge is 0.481 e. The van der Waals surface area contributed by atoms with Crippen molar-refractivity contribution in [1.29, 1.82) is 0 Å². The van der Waals surface area contributed by atoms with Gasteiger partial charge >= 0.3 is 12.1 Å². The first kappa shape index (κ1) is 31.3. The molecule has 0 radical (unpaired) electrons. The fourth-order valence-electron chi connectivity index (χ4n) is 4.12. The molecule has 0 fully saturated rings. The summed E-state index contributed by atoms with van der Waals surface area (Å²) in [5.74, 6) is -1.91. The van der Waals surface area contributed by atoms with Gasteiger partial charge in [0.05, 0.1) is 6.42 Å². The van der Waals surface area contributed by atoms with Gasteiger partial charge in [-0.15, -0.1) is 0 Å². The molecule has 0 bridgehead atoms. The predicted molar refractivity (Wildman–Crippen MR) is 149 cm³/mol. The van der Waals surface area contributed by atoms with Crippen molar-refractivity contribution in [1.82, 2.24) is 16.0 Å². The van der Waals surface area contributed by atoms with Crippen molar-refractivity contribution in [2.45, 2.75) is 84.0 Å². The smallest absolute Gasteiger partial charge is 0.408 e. The minimum Gasteiger partial charge on any atom is -0.481 e. The lowest BCUT2D eigenvalue weighted by atomic mass is 9.99. The summed E-state index contributed by atoms with van der Waals surface area (Å²) in [4.78, 5) is 50.9. The Morgan fingerprint density at radius 2 is 1.23 bits per heavy atom. The molecular formula is C30H41N3O6. The number of rotatable bonds is 13. The first-order valence-corrected chi connectivity index (χ1v) is 13.2. The highest BCUT2D eigenvalue weighted by atomic mass is 16.6. The highest BCUT2D eigenvalue weighted by Gasteiger charge is 2.30. The Labute approximate surface area is 230 Å². The van der Waals surface area contributed by atoms with E-state index >= 15 is 0 Å². The van der Waals surface area contributed by atoms with E-state index in [0.29, 0.717) is 6.42 Å². The maximum Gasteiger partial charge on any atom is 0.408 e. The average Bonchev–Trinajstić information content (AvgIpc) is 2.82. The van der Waals surface area contributed by atoms with Gasteiger partial charge in [-0.2, -0.15) is 0 Å². The zero-order valence-electron chi connectivity index (χ0n) is 23.4. The van der Waals surface area contributed by atoms with Crippen molar-refractivity contribution in [3.8, 4) is 0 Å². The summed E-state index contributed by atoms with van der Waals surface area (Å²) in [5.41, 5.74) is 0.871. The van der Waals surface area contributed by atoms with Gasteiger partial charge in [0.2, 0.25) is 11.8 Å². The number of carbonyl (C=O) groups is 4. The van der Waals surface area contributed by atoms with E-state index in [0.717, 1.165) is 11.1 Å². The maximum atomic E-state index is 13.5. The topological polar surface area (TPSA) is 134 Å². The lowest BCUT2D eigenvalue weighted by Gasteiger charge is -2.27. The molecule has 3 amide bonds. The third-order valence-corrected chi connectivity index (χ3v) is 5.73. The molecule has 4 N–H and O–H groups in total. The standard InChI is InChI=1S/C30H41N3O6/c1-20(2)16-23(19-26(34)35)31-27(36)24(17-21-12-8-6-9-13-21)32-28(37)25(18-22-14-10-7-11-15-22)33-29(38)39-30(3,4)5/h6-15,20,23-25H,16-19H2,1-5H3,(H,31,36)(H,32,37)(H,33,38)(H,34,35). The molecule has 0 spiro atoms. The van der Waals surface area contributed by atoms with Crippen molar-refractivity contribution in [3.63, 3.8) is 0 Å². The molecule has 9 nitrogen and oxygen atoms in total. The number of benzene rings is 2. The van der Waals surface area contributed by atoms with Crippen molar-refractivity contribution < 1.29 is 29.0 Å². The second-order valence-electron chi connectivity index (χ2n) is 11.1. The van der Waals surface area contributed by atoms with Crippen molar-refractivity contribution >= 4 is 23.9 Å². The number of hydrogen-bond acceptors (Lipinski definition) is 5. The van der Waals surface area contributed by atoms with Crippen LogP contribution in [0.4, 0.5) is 4.79 Å². The fourth-order valence-corrected chi connectivity index (χ4v) is 4.12. The number of ether oxygens (including phenoxy) is 1. The van der Waals surface area contributed by atoms with Crippen LogP contribution in [0, 0.1) is 5.92 Å². The monoisotopic (exact) mass is 539 g/mol. The van der Waals surface area contributed by atoms with E-state index in [1.165, 1.54) is 0 Å². The van der Waals surface area contributed by atoms with Crippen LogP contribution in [0.25, 0.3) is 0 Å². The van der Waals surface area contributed by atoms with Crippen LogP contribution in [0.15, 0.2) is 60.7 Å². The number of alkyl carbamates (subject to hydrolysis) is 1. The molecule has 0 aliphatic rings. The molecule has 3 atom stereocenters. The van der Waals surface area contributed by atoms with E-state index in [2.05, 4.69) is 16.0 Å². The maximum absolute atomic E-state index is 13.5. The van der Waals surface area contributed by atoms with Crippen molar-refractivity contribution in [2.24, 2.45) is 5.92 Å². The van der Waals surface area contributed by atoms with Gasteiger partial charge < -0.3 is 25.8 Å². The van der Waals surface area contributed by atoms with Crippen LogP contribution in [0.1, 0.15) is 58.6 Å². The van der Waals surface area contributed by atoms with E-state index in [9.17, 15) is 24.3 Å². The van der Waals surface area contributed by atoms with E-state index in [1.807, 2.05) is 74.5 Å². The lowest BCUT2D eigenvalue weighted by Crippen LogP contribution is -2.56. The van der Waals surface area contributed by atoms with Crippen LogP contribution < -0.4 is 16.0 Å². The fraction of sp³-hybridized carbons (Fsp3) is 0.467. The molecule has 0 aromatic heterocycles. The number of nitrogens with one attached hydrogen (secondary N) is 3. The summed E-state index contributed by atoms with van der Waals surface area (Å²) >= 11 is 0. The van der Waals surface area contributed by atoms with Crippen LogP contribution >= 0.6 is 0 Å². The van der Waals surface area contributed by atoms with Crippen LogP contribution in [-0.4, -0.2) is 52.7 Å². The highest BCUT2D eigenvalue weighted by molar-refractivity contribution is 5.92. The van der Waals surface area contributed by atoms with Gasteiger partial charge in [-0.25, -0.2) is 4.79 Å². The van der Waals surface area contributed by atoms with Crippen molar-refractivity contribution in [3.05, 3.63) is 71.8 Å². The van der Waals surface area contributed by atoms with Crippen molar-refractivity contribution in [2.75, 3.05) is 0 Å². The Bertz CT molecular complexity index is 1080. The number of hydrogen-bond donors (Lipinski definition) is 4. The third-order valence-electron chi connectivity index (χ3n) is 5.73. The molecule has 0 saturated heterocycles. The summed E-state index contributed by atoms with van der Waals surface area (Å²) in [7, 11) is 0. The molecule has 2 aromatic rings. The third kappa shape index (κ3) is 12.5. The Morgan fingerprint density at radius 1 is 0.769 bits per heavy atom. The van der Waals surface area contributed by atoms with Crippen LogP contribution in [-0.2, 0) is 32.0 Å². The first-order chi connectivity index (χ1) is 18.3. The second kappa shape index (κ2) is 14.9. The summed E-state index contributed by atoms with van der Waals surface area (Å²) < 4.78 is 5.37. The highest BCUT2D eigenvalue weighted by Crippen LogP contribution is 2.12. The van der Waals surface area contributed by atoms with Gasteiger partial charge in [-0.05, 0) is 44.2 Å². The summed E-state index contributed by atoms with van der Waals surface area (Å²) in [6.45, 7) is 9.07. The number of carbonyl (C=O) groups excluding carboxylic acids is 3. The number of aliphatic carboxylic acids is 1. The van der Waals surface area contributed by atoms with Gasteiger partial charge in [0.15, 0.2) is 0 Å². The van der Waals surface area contributed by atoms with Gasteiger partial charge in [0.25, 0.3) is 0 Å². The zero-order chi connectivity index (χ0) is 29.0. The van der Waals surface area contributed by atoms with Gasteiger partial charge in [0.1, 0.15) is 17.7 Å². The quantitative estimate of drug-likeness (QED) is 0.306. The minimum absolute atomic E-state index is 0.157. The number of carboxylic acids is 1. The molecule has 39 heavy (non-hydrogen) atoms. The van der Waals surface area contributed by atoms with Crippen LogP contribution in [0.3, 0.4) is 0 Å². The molecule has 0 heterocycles. The summed E-state index contributed by atoms with van der Waals surface area (Å²) in [5, 5.41) is 17.6. The molecule has 2 rings (SSSR count). The van der Waals surface area contributed by atoms with E-state index in [-0.39, 0.29) is 25.2 Å². The summed E-state index contributed by atoms with van der Waals surface area (Å²) in [6.07, 6.45) is -0.139. The van der Waals surface area contributed by atoms with E-state index in [4.69, 9.17) is 4.74 Å². The lowest BCUT2D eigenvalue weighted by molar-refractivity contribution is -0.138. The Kier molecular flexibility index (Phi) is 12.0. The molecule has 212 valence electrons. The molecule has 0 saturated carbocycles. The van der Waals surface area contributed by atoms with Gasteiger partial charge in [0, 0.05) is 18.9 Å². The second-order valence-corrected chi connectivity index (χ2v) is 11.1. The molecule has 3 unspecified atom stereocenters. The predicted octanol–water partition coefficient (Wildman–Crippen LogP) is 3.86. The Morgan fingerprint density at radius 3 is 1.67 bits per heavy atom. The number of carboxylic acid groups (broad SMARTS) is 1. The zero-order valence-corrected chi connectivity index (χ0v) is 23.4. The number of amides is 3. The van der Waals surface area contributed by atoms with Crippen LogP contribution in [0.2, 0.25) is 0 Å². The minimum atomic E-state index is -1.02. The average molecular weight is 540 g/mol. The Balaban J connectivity index is 2.29. The van der Waals surface area contributed by atoms with E-state index < -0.39 is 47.6 Å². The van der Waals surface area contributed by atoms with Gasteiger partial charge in [-0.1, -0.05) is 74.5 Å². The summed E-state index contributed by atoms with van der Waals surface area (Å²) in [6, 6.07) is 15.8. The van der Waals surface area contributed by atoms with E-state index in [1.54, 1.807) is 20.8 Å². The van der Waals surface area contributed by atoms with Gasteiger partial charge in [-0.3, -0.25) is 14.4 Å².